The summed E-state index contributed by atoms with van der Waals surface area (Å²) in [7, 11) is 3.14. The van der Waals surface area contributed by atoms with Crippen molar-refractivity contribution in [3.63, 3.8) is 0 Å². The Kier molecular flexibility index (Phi) is 8.10. The molecule has 3 heterocycles. The number of carbonyl (C=O) groups is 1. The number of thiazole rings is 1. The third-order valence-electron chi connectivity index (χ3n) is 5.97. The maximum absolute atomic E-state index is 13.8. The largest absolute Gasteiger partial charge is 0.497 e. The molecule has 11 heteroatoms. The highest BCUT2D eigenvalue weighted by Crippen LogP contribution is 2.38. The molecule has 2 aromatic heterocycles. The summed E-state index contributed by atoms with van der Waals surface area (Å²) < 4.78 is 20.4. The Hall–Kier alpha value is -2.38. The molecule has 0 spiro atoms. The summed E-state index contributed by atoms with van der Waals surface area (Å²) in [6, 6.07) is 6.43. The van der Waals surface area contributed by atoms with Crippen LogP contribution in [-0.4, -0.2) is 42.7 Å². The quantitative estimate of drug-likeness (QED) is 0.350. The molecule has 36 heavy (non-hydrogen) atoms. The van der Waals surface area contributed by atoms with Gasteiger partial charge in [0.2, 0.25) is 0 Å². The number of benzene rings is 1. The van der Waals surface area contributed by atoms with E-state index in [1.165, 1.54) is 11.3 Å². The lowest BCUT2D eigenvalue weighted by Gasteiger charge is -2.30. The SMILES string of the molecule is CCN(CC)C(=O)C1=C(C)N=c2s/c(=C/c3cc(Br)c(I)o3)c(=O)n2[C@H]1c1cc(OC)ccc1OC. The van der Waals surface area contributed by atoms with E-state index in [-0.39, 0.29) is 11.5 Å². The van der Waals surface area contributed by atoms with E-state index in [2.05, 4.69) is 38.5 Å². The second kappa shape index (κ2) is 10.9. The Morgan fingerprint density at radius 2 is 2.00 bits per heavy atom. The van der Waals surface area contributed by atoms with Crippen LogP contribution in [0.5, 0.6) is 11.5 Å². The van der Waals surface area contributed by atoms with E-state index >= 15 is 0 Å². The molecule has 190 valence electrons. The second-order valence-corrected chi connectivity index (χ2v) is 10.8. The number of allylic oxidation sites excluding steroid dienone is 1. The van der Waals surface area contributed by atoms with Crippen LogP contribution in [0.15, 0.2) is 54.2 Å². The molecular weight excluding hydrogens is 661 g/mol. The Morgan fingerprint density at radius 3 is 2.58 bits per heavy atom. The van der Waals surface area contributed by atoms with Crippen molar-refractivity contribution in [2.24, 2.45) is 4.99 Å². The van der Waals surface area contributed by atoms with Gasteiger partial charge in [0, 0.05) is 47.3 Å². The Labute approximate surface area is 234 Å². The Bertz CT molecular complexity index is 1510. The van der Waals surface area contributed by atoms with Crippen LogP contribution in [-0.2, 0) is 4.79 Å². The molecule has 4 rings (SSSR count). The number of aromatic nitrogens is 1. The third-order valence-corrected chi connectivity index (χ3v) is 9.09. The number of halogens is 2. The Morgan fingerprint density at radius 1 is 1.28 bits per heavy atom. The predicted octanol–water partition coefficient (Wildman–Crippen LogP) is 4.08. The van der Waals surface area contributed by atoms with Crippen molar-refractivity contribution < 1.29 is 18.7 Å². The maximum atomic E-state index is 13.8. The Balaban J connectivity index is 2.03. The lowest BCUT2D eigenvalue weighted by Crippen LogP contribution is -2.43. The van der Waals surface area contributed by atoms with Gasteiger partial charge in [-0.25, -0.2) is 4.99 Å². The fraction of sp³-hybridized carbons (Fsp3) is 0.320. The van der Waals surface area contributed by atoms with Crippen LogP contribution in [0.1, 0.15) is 38.1 Å². The number of amides is 1. The van der Waals surface area contributed by atoms with Gasteiger partial charge in [0.1, 0.15) is 23.3 Å². The van der Waals surface area contributed by atoms with Gasteiger partial charge in [0.25, 0.3) is 11.5 Å². The molecule has 1 aromatic carbocycles. The lowest BCUT2D eigenvalue weighted by molar-refractivity contribution is -0.127. The van der Waals surface area contributed by atoms with Crippen LogP contribution in [0.2, 0.25) is 0 Å². The van der Waals surface area contributed by atoms with Crippen molar-refractivity contribution in [1.29, 1.82) is 0 Å². The minimum atomic E-state index is -0.745. The van der Waals surface area contributed by atoms with Crippen LogP contribution >= 0.6 is 49.9 Å². The van der Waals surface area contributed by atoms with E-state index in [1.807, 2.05) is 19.9 Å². The van der Waals surface area contributed by atoms with E-state index < -0.39 is 6.04 Å². The van der Waals surface area contributed by atoms with Crippen LogP contribution in [0.25, 0.3) is 6.08 Å². The average Bonchev–Trinajstić information content (AvgIpc) is 3.35. The maximum Gasteiger partial charge on any atom is 0.271 e. The topological polar surface area (TPSA) is 86.3 Å². The first-order chi connectivity index (χ1) is 17.2. The molecule has 1 atom stereocenters. The van der Waals surface area contributed by atoms with Gasteiger partial charge < -0.3 is 18.8 Å². The number of fused-ring (bicyclic) bond motifs is 1. The summed E-state index contributed by atoms with van der Waals surface area (Å²) in [6.07, 6.45) is 1.70. The molecule has 3 aromatic rings. The van der Waals surface area contributed by atoms with Crippen molar-refractivity contribution in [3.05, 3.63) is 74.8 Å². The lowest BCUT2D eigenvalue weighted by atomic mass is 9.93. The zero-order valence-electron chi connectivity index (χ0n) is 20.4. The summed E-state index contributed by atoms with van der Waals surface area (Å²) >= 11 is 6.77. The first kappa shape index (κ1) is 26.7. The summed E-state index contributed by atoms with van der Waals surface area (Å²) in [5.74, 6) is 1.50. The van der Waals surface area contributed by atoms with Crippen molar-refractivity contribution in [3.8, 4) is 11.5 Å². The molecule has 0 bridgehead atoms. The molecular formula is C25H25BrIN3O5S. The molecule has 0 unspecified atom stereocenters. The number of carbonyl (C=O) groups excluding carboxylic acids is 1. The minimum absolute atomic E-state index is 0.171. The molecule has 0 radical (unpaired) electrons. The zero-order chi connectivity index (χ0) is 26.1. The zero-order valence-corrected chi connectivity index (χ0v) is 25.0. The number of hydrogen-bond acceptors (Lipinski definition) is 7. The molecule has 0 N–H and O–H groups in total. The number of likely N-dealkylation sites (N-methyl/N-ethyl adjacent to an activating group) is 1. The van der Waals surface area contributed by atoms with Crippen LogP contribution in [0, 0.1) is 3.77 Å². The summed E-state index contributed by atoms with van der Waals surface area (Å²) in [6.45, 7) is 6.72. The highest BCUT2D eigenvalue weighted by Gasteiger charge is 2.36. The van der Waals surface area contributed by atoms with Crippen molar-refractivity contribution in [1.82, 2.24) is 9.47 Å². The second-order valence-electron chi connectivity index (χ2n) is 7.94. The van der Waals surface area contributed by atoms with E-state index in [1.54, 1.807) is 54.9 Å². The fourth-order valence-electron chi connectivity index (χ4n) is 4.19. The predicted molar refractivity (Wildman–Crippen MR) is 150 cm³/mol. The number of nitrogens with zero attached hydrogens (tertiary/aromatic N) is 3. The fourth-order valence-corrected chi connectivity index (χ4v) is 5.93. The number of methoxy groups -OCH3 is 2. The molecule has 1 aliphatic rings. The van der Waals surface area contributed by atoms with Gasteiger partial charge >= 0.3 is 0 Å². The van der Waals surface area contributed by atoms with E-state index in [4.69, 9.17) is 18.9 Å². The van der Waals surface area contributed by atoms with Gasteiger partial charge in [-0.05, 0) is 61.0 Å². The molecule has 0 aliphatic carbocycles. The number of ether oxygens (including phenoxy) is 2. The van der Waals surface area contributed by atoms with Gasteiger partial charge in [0.15, 0.2) is 8.57 Å². The van der Waals surface area contributed by atoms with Crippen molar-refractivity contribution in [2.45, 2.75) is 26.8 Å². The van der Waals surface area contributed by atoms with Crippen molar-refractivity contribution >= 4 is 61.8 Å². The molecule has 0 saturated carbocycles. The molecule has 0 saturated heterocycles. The van der Waals surface area contributed by atoms with Crippen LogP contribution in [0.4, 0.5) is 0 Å². The summed E-state index contributed by atoms with van der Waals surface area (Å²) in [5.41, 5.74) is 1.36. The van der Waals surface area contributed by atoms with Crippen LogP contribution in [0.3, 0.4) is 0 Å². The molecule has 8 nitrogen and oxygen atoms in total. The van der Waals surface area contributed by atoms with Gasteiger partial charge in [-0.3, -0.25) is 14.2 Å². The van der Waals surface area contributed by atoms with Crippen LogP contribution < -0.4 is 24.4 Å². The first-order valence-electron chi connectivity index (χ1n) is 11.2. The highest BCUT2D eigenvalue weighted by molar-refractivity contribution is 14.1. The molecule has 1 amide bonds. The smallest absolute Gasteiger partial charge is 0.271 e. The standard InChI is InChI=1S/C25H25BrIN3O5S/c1-6-29(7-2)24(32)20-13(3)28-25-30(21(20)16-10-14(33-4)8-9-18(16)34-5)23(31)19(36-25)12-15-11-17(26)22(27)35-15/h8-12,21H,6-7H2,1-5H3/b19-12+/t21-/m0/s1. The minimum Gasteiger partial charge on any atom is -0.497 e. The van der Waals surface area contributed by atoms with Crippen molar-refractivity contribution in [2.75, 3.05) is 27.3 Å². The third kappa shape index (κ3) is 4.80. The summed E-state index contributed by atoms with van der Waals surface area (Å²) in [5, 5.41) is 0. The van der Waals surface area contributed by atoms with E-state index in [0.29, 0.717) is 60.3 Å². The number of hydrogen-bond donors (Lipinski definition) is 0. The normalized spacial score (nSPS) is 15.5. The van der Waals surface area contributed by atoms with E-state index in [9.17, 15) is 9.59 Å². The average molecular weight is 686 g/mol. The number of furan rings is 1. The molecule has 1 aliphatic heterocycles. The molecule has 0 fully saturated rings. The highest BCUT2D eigenvalue weighted by atomic mass is 127. The first-order valence-corrected chi connectivity index (χ1v) is 13.9. The van der Waals surface area contributed by atoms with Gasteiger partial charge in [-0.2, -0.15) is 0 Å². The van der Waals surface area contributed by atoms with Gasteiger partial charge in [-0.15, -0.1) is 0 Å². The van der Waals surface area contributed by atoms with Gasteiger partial charge in [0.05, 0.1) is 34.5 Å². The monoisotopic (exact) mass is 685 g/mol. The summed E-state index contributed by atoms with van der Waals surface area (Å²) in [4.78, 5) is 34.5. The van der Waals surface area contributed by atoms with Gasteiger partial charge in [-0.1, -0.05) is 11.3 Å². The van der Waals surface area contributed by atoms with E-state index in [0.717, 1.165) is 4.47 Å². The number of rotatable bonds is 7.